The van der Waals surface area contributed by atoms with Crippen LogP contribution in [0, 0.1) is 0 Å². The molecule has 0 aliphatic heterocycles. The quantitative estimate of drug-likeness (QED) is 0.847. The van der Waals surface area contributed by atoms with Crippen molar-refractivity contribution in [2.75, 3.05) is 0 Å². The first-order chi connectivity index (χ1) is 8.09. The molecule has 5 nitrogen and oxygen atoms in total. The van der Waals surface area contributed by atoms with Crippen LogP contribution >= 0.6 is 0 Å². The molecule has 1 atom stereocenters. The second-order valence-corrected chi connectivity index (χ2v) is 3.76. The SMILES string of the molecule is CC(c1cccc(O)c1)n1cncc1C(=O)O. The first-order valence-electron chi connectivity index (χ1n) is 5.13. The molecule has 0 aliphatic carbocycles. The Morgan fingerprint density at radius 3 is 2.88 bits per heavy atom. The van der Waals surface area contributed by atoms with Gasteiger partial charge >= 0.3 is 5.97 Å². The Kier molecular flexibility index (Phi) is 2.82. The number of rotatable bonds is 3. The fraction of sp³-hybridized carbons (Fsp3) is 0.167. The van der Waals surface area contributed by atoms with E-state index in [4.69, 9.17) is 5.11 Å². The van der Waals surface area contributed by atoms with Crippen molar-refractivity contribution < 1.29 is 15.0 Å². The maximum atomic E-state index is 11.0. The van der Waals surface area contributed by atoms with Crippen LogP contribution in [0.3, 0.4) is 0 Å². The van der Waals surface area contributed by atoms with Crippen molar-refractivity contribution in [2.24, 2.45) is 0 Å². The summed E-state index contributed by atoms with van der Waals surface area (Å²) in [4.78, 5) is 14.8. The number of aromatic carboxylic acids is 1. The Hall–Kier alpha value is -2.30. The van der Waals surface area contributed by atoms with E-state index in [1.54, 1.807) is 22.8 Å². The van der Waals surface area contributed by atoms with E-state index in [1.807, 2.05) is 13.0 Å². The third-order valence-corrected chi connectivity index (χ3v) is 2.66. The van der Waals surface area contributed by atoms with Crippen LogP contribution in [-0.4, -0.2) is 25.7 Å². The number of hydrogen-bond donors (Lipinski definition) is 2. The fourth-order valence-electron chi connectivity index (χ4n) is 1.72. The minimum atomic E-state index is -1.02. The van der Waals surface area contributed by atoms with E-state index < -0.39 is 5.97 Å². The molecule has 0 bridgehead atoms. The molecule has 1 aromatic heterocycles. The Labute approximate surface area is 98.0 Å². The highest BCUT2D eigenvalue weighted by atomic mass is 16.4. The first-order valence-corrected chi connectivity index (χ1v) is 5.13. The van der Waals surface area contributed by atoms with Crippen LogP contribution in [0.4, 0.5) is 0 Å². The van der Waals surface area contributed by atoms with Gasteiger partial charge in [0.15, 0.2) is 0 Å². The molecule has 2 aromatic rings. The van der Waals surface area contributed by atoms with Gasteiger partial charge in [0.2, 0.25) is 0 Å². The van der Waals surface area contributed by atoms with Gasteiger partial charge in [-0.3, -0.25) is 0 Å². The molecule has 1 aromatic carbocycles. The van der Waals surface area contributed by atoms with Crippen LogP contribution in [0.5, 0.6) is 5.75 Å². The first kappa shape index (κ1) is 11.2. The van der Waals surface area contributed by atoms with Gasteiger partial charge in [0.1, 0.15) is 11.4 Å². The molecule has 0 fully saturated rings. The van der Waals surface area contributed by atoms with Gasteiger partial charge in [0.25, 0.3) is 0 Å². The number of aromatic hydroxyl groups is 1. The zero-order valence-electron chi connectivity index (χ0n) is 9.24. The molecular weight excluding hydrogens is 220 g/mol. The van der Waals surface area contributed by atoms with Gasteiger partial charge in [0.05, 0.1) is 18.6 Å². The zero-order chi connectivity index (χ0) is 12.4. The minimum absolute atomic E-state index is 0.126. The van der Waals surface area contributed by atoms with Crippen LogP contribution in [-0.2, 0) is 0 Å². The number of phenolic OH excluding ortho intramolecular Hbond substituents is 1. The number of hydrogen-bond acceptors (Lipinski definition) is 3. The van der Waals surface area contributed by atoms with Gasteiger partial charge in [-0.25, -0.2) is 9.78 Å². The van der Waals surface area contributed by atoms with E-state index in [0.717, 1.165) is 5.56 Å². The number of carboxylic acid groups (broad SMARTS) is 1. The number of carboxylic acids is 1. The van der Waals surface area contributed by atoms with Crippen molar-refractivity contribution in [1.29, 1.82) is 0 Å². The summed E-state index contributed by atoms with van der Waals surface area (Å²) in [6, 6.07) is 6.53. The second kappa shape index (κ2) is 4.29. The largest absolute Gasteiger partial charge is 0.508 e. The topological polar surface area (TPSA) is 75.3 Å². The van der Waals surface area contributed by atoms with Crippen molar-refractivity contribution in [3.63, 3.8) is 0 Å². The third kappa shape index (κ3) is 2.13. The lowest BCUT2D eigenvalue weighted by Gasteiger charge is -2.15. The summed E-state index contributed by atoms with van der Waals surface area (Å²) in [5, 5.41) is 18.4. The lowest BCUT2D eigenvalue weighted by atomic mass is 10.1. The lowest BCUT2D eigenvalue weighted by Crippen LogP contribution is -2.12. The number of carbonyl (C=O) groups is 1. The van der Waals surface area contributed by atoms with E-state index in [1.165, 1.54) is 12.5 Å². The Morgan fingerprint density at radius 1 is 1.47 bits per heavy atom. The number of benzene rings is 1. The van der Waals surface area contributed by atoms with Gasteiger partial charge in [-0.1, -0.05) is 12.1 Å². The van der Waals surface area contributed by atoms with Gasteiger partial charge in [-0.15, -0.1) is 0 Å². The summed E-state index contributed by atoms with van der Waals surface area (Å²) >= 11 is 0. The monoisotopic (exact) mass is 232 g/mol. The summed E-state index contributed by atoms with van der Waals surface area (Å²) < 4.78 is 1.55. The molecule has 0 saturated heterocycles. The maximum absolute atomic E-state index is 11.0. The van der Waals surface area contributed by atoms with Gasteiger partial charge in [0, 0.05) is 0 Å². The molecular formula is C12H12N2O3. The molecule has 2 N–H and O–H groups in total. The van der Waals surface area contributed by atoms with E-state index in [2.05, 4.69) is 4.98 Å². The van der Waals surface area contributed by atoms with Crippen LogP contribution in [0.15, 0.2) is 36.8 Å². The Morgan fingerprint density at radius 2 is 2.24 bits per heavy atom. The summed E-state index contributed by atoms with van der Waals surface area (Å²) in [7, 11) is 0. The average Bonchev–Trinajstić information content (AvgIpc) is 2.77. The highest BCUT2D eigenvalue weighted by Gasteiger charge is 2.16. The van der Waals surface area contributed by atoms with Crippen molar-refractivity contribution in [3.8, 4) is 5.75 Å². The maximum Gasteiger partial charge on any atom is 0.354 e. The molecule has 0 aliphatic rings. The van der Waals surface area contributed by atoms with Crippen molar-refractivity contribution >= 4 is 5.97 Å². The lowest BCUT2D eigenvalue weighted by molar-refractivity contribution is 0.0684. The van der Waals surface area contributed by atoms with E-state index in [-0.39, 0.29) is 17.5 Å². The molecule has 1 heterocycles. The van der Waals surface area contributed by atoms with Crippen molar-refractivity contribution in [1.82, 2.24) is 9.55 Å². The zero-order valence-corrected chi connectivity index (χ0v) is 9.24. The summed E-state index contributed by atoms with van der Waals surface area (Å²) in [5.74, 6) is -0.860. The number of phenols is 1. The highest BCUT2D eigenvalue weighted by Crippen LogP contribution is 2.22. The molecule has 0 amide bonds. The highest BCUT2D eigenvalue weighted by molar-refractivity contribution is 5.85. The second-order valence-electron chi connectivity index (χ2n) is 3.76. The molecule has 0 spiro atoms. The molecule has 88 valence electrons. The van der Waals surface area contributed by atoms with Crippen LogP contribution in [0.2, 0.25) is 0 Å². The van der Waals surface area contributed by atoms with E-state index in [9.17, 15) is 9.90 Å². The van der Waals surface area contributed by atoms with Crippen molar-refractivity contribution in [2.45, 2.75) is 13.0 Å². The van der Waals surface area contributed by atoms with Crippen LogP contribution in [0.25, 0.3) is 0 Å². The number of imidazole rings is 1. The van der Waals surface area contributed by atoms with E-state index in [0.29, 0.717) is 0 Å². The predicted octanol–water partition coefficient (Wildman–Crippen LogP) is 1.90. The predicted molar refractivity (Wildman–Crippen MR) is 61.1 cm³/mol. The summed E-state index contributed by atoms with van der Waals surface area (Å²) in [6.45, 7) is 1.85. The summed E-state index contributed by atoms with van der Waals surface area (Å²) in [5.41, 5.74) is 0.950. The molecule has 5 heteroatoms. The Bertz CT molecular complexity index is 548. The average molecular weight is 232 g/mol. The molecule has 1 unspecified atom stereocenters. The molecule has 0 radical (unpaired) electrons. The van der Waals surface area contributed by atoms with Crippen LogP contribution in [0.1, 0.15) is 29.0 Å². The fourth-order valence-corrected chi connectivity index (χ4v) is 1.72. The molecule has 17 heavy (non-hydrogen) atoms. The normalized spacial score (nSPS) is 12.3. The molecule has 0 saturated carbocycles. The standard InChI is InChI=1S/C12H12N2O3/c1-8(9-3-2-4-10(15)5-9)14-7-13-6-11(14)12(16)17/h2-8,15H,1H3,(H,16,17). The smallest absolute Gasteiger partial charge is 0.354 e. The number of nitrogens with zero attached hydrogens (tertiary/aromatic N) is 2. The van der Waals surface area contributed by atoms with E-state index >= 15 is 0 Å². The molecule has 2 rings (SSSR count). The van der Waals surface area contributed by atoms with Gasteiger partial charge in [-0.05, 0) is 24.6 Å². The summed E-state index contributed by atoms with van der Waals surface area (Å²) in [6.07, 6.45) is 2.78. The number of aromatic nitrogens is 2. The van der Waals surface area contributed by atoms with Crippen molar-refractivity contribution in [3.05, 3.63) is 48.0 Å². The van der Waals surface area contributed by atoms with Gasteiger partial charge < -0.3 is 14.8 Å². The Balaban J connectivity index is 2.40. The van der Waals surface area contributed by atoms with Gasteiger partial charge in [-0.2, -0.15) is 0 Å². The third-order valence-electron chi connectivity index (χ3n) is 2.66. The van der Waals surface area contributed by atoms with Crippen LogP contribution < -0.4 is 0 Å². The minimum Gasteiger partial charge on any atom is -0.508 e.